The molecule has 1 rings (SSSR count). The summed E-state index contributed by atoms with van der Waals surface area (Å²) < 4.78 is 4.66. The van der Waals surface area contributed by atoms with Crippen molar-refractivity contribution in [3.05, 3.63) is 23.1 Å². The molecular formula is C11H16N4O3. The number of carbonyl (C=O) groups excluding carboxylic acids is 2. The summed E-state index contributed by atoms with van der Waals surface area (Å²) in [7, 11) is 1.29. The molecule has 0 aromatic carbocycles. The minimum Gasteiger partial charge on any atom is -0.467 e. The van der Waals surface area contributed by atoms with Crippen LogP contribution in [-0.2, 0) is 14.3 Å². The molecule has 1 aliphatic rings. The molecule has 2 atom stereocenters. The van der Waals surface area contributed by atoms with E-state index < -0.39 is 18.1 Å². The van der Waals surface area contributed by atoms with Gasteiger partial charge in [-0.3, -0.25) is 4.79 Å². The first-order valence-electron chi connectivity index (χ1n) is 5.69. The molecule has 7 heteroatoms. The molecule has 1 fully saturated rings. The molecule has 1 amide bonds. The summed E-state index contributed by atoms with van der Waals surface area (Å²) >= 11 is 0. The summed E-state index contributed by atoms with van der Waals surface area (Å²) in [5, 5.41) is 3.44. The molecular weight excluding hydrogens is 236 g/mol. The van der Waals surface area contributed by atoms with Crippen molar-refractivity contribution in [3.63, 3.8) is 0 Å². The van der Waals surface area contributed by atoms with E-state index in [1.54, 1.807) is 0 Å². The lowest BCUT2D eigenvalue weighted by molar-refractivity contribution is -0.151. The van der Waals surface area contributed by atoms with E-state index in [1.165, 1.54) is 18.1 Å². The topological polar surface area (TPSA) is 95.4 Å². The van der Waals surface area contributed by atoms with Gasteiger partial charge in [-0.05, 0) is 24.8 Å². The SMILES string of the molecule is C=CC[C@H](N=[N+]=[N-])C(=O)N1CCC[C@H]1C(=O)OC. The van der Waals surface area contributed by atoms with Crippen molar-refractivity contribution in [2.45, 2.75) is 31.3 Å². The van der Waals surface area contributed by atoms with E-state index in [2.05, 4.69) is 21.3 Å². The van der Waals surface area contributed by atoms with Crippen LogP contribution in [0.2, 0.25) is 0 Å². The second kappa shape index (κ2) is 6.66. The summed E-state index contributed by atoms with van der Waals surface area (Å²) in [6.07, 6.45) is 3.09. The highest BCUT2D eigenvalue weighted by Crippen LogP contribution is 2.21. The van der Waals surface area contributed by atoms with Gasteiger partial charge < -0.3 is 9.64 Å². The van der Waals surface area contributed by atoms with Crippen LogP contribution in [0.1, 0.15) is 19.3 Å². The zero-order valence-electron chi connectivity index (χ0n) is 10.3. The number of nitrogens with zero attached hydrogens (tertiary/aromatic N) is 4. The van der Waals surface area contributed by atoms with Gasteiger partial charge in [-0.1, -0.05) is 11.2 Å². The van der Waals surface area contributed by atoms with E-state index in [-0.39, 0.29) is 12.3 Å². The van der Waals surface area contributed by atoms with Crippen molar-refractivity contribution in [2.24, 2.45) is 5.11 Å². The van der Waals surface area contributed by atoms with E-state index in [0.29, 0.717) is 13.0 Å². The number of amides is 1. The fourth-order valence-electron chi connectivity index (χ4n) is 2.02. The van der Waals surface area contributed by atoms with Gasteiger partial charge in [-0.2, -0.15) is 0 Å². The van der Waals surface area contributed by atoms with Crippen LogP contribution in [0.3, 0.4) is 0 Å². The number of esters is 1. The Balaban J connectivity index is 2.83. The predicted molar refractivity (Wildman–Crippen MR) is 64.5 cm³/mol. The Morgan fingerprint density at radius 1 is 1.72 bits per heavy atom. The second-order valence-electron chi connectivity index (χ2n) is 3.96. The third-order valence-corrected chi connectivity index (χ3v) is 2.88. The summed E-state index contributed by atoms with van der Waals surface area (Å²) in [6, 6.07) is -1.40. The monoisotopic (exact) mass is 252 g/mol. The standard InChI is InChI=1S/C11H16N4O3/c1-3-5-8(13-14-12)10(16)15-7-4-6-9(15)11(17)18-2/h3,8-9H,1,4-7H2,2H3/t8-,9-/m0/s1. The first kappa shape index (κ1) is 14.1. The molecule has 7 nitrogen and oxygen atoms in total. The Morgan fingerprint density at radius 2 is 2.44 bits per heavy atom. The number of likely N-dealkylation sites (tertiary alicyclic amines) is 1. The number of hydrogen-bond donors (Lipinski definition) is 0. The Labute approximate surface area is 105 Å². The Morgan fingerprint density at radius 3 is 3.00 bits per heavy atom. The molecule has 0 aromatic heterocycles. The number of methoxy groups -OCH3 is 1. The van der Waals surface area contributed by atoms with Crippen molar-refractivity contribution < 1.29 is 14.3 Å². The summed E-state index contributed by atoms with van der Waals surface area (Å²) in [4.78, 5) is 27.8. The third kappa shape index (κ3) is 3.01. The number of rotatable bonds is 5. The van der Waals surface area contributed by atoms with Crippen molar-refractivity contribution in [3.8, 4) is 0 Å². The van der Waals surface area contributed by atoms with Crippen LogP contribution in [0.15, 0.2) is 17.8 Å². The smallest absolute Gasteiger partial charge is 0.328 e. The number of azide groups is 1. The van der Waals surface area contributed by atoms with Gasteiger partial charge in [0.25, 0.3) is 0 Å². The highest BCUT2D eigenvalue weighted by molar-refractivity contribution is 5.88. The van der Waals surface area contributed by atoms with E-state index in [0.717, 1.165) is 6.42 Å². The first-order valence-corrected chi connectivity index (χ1v) is 5.69. The van der Waals surface area contributed by atoms with Crippen molar-refractivity contribution >= 4 is 11.9 Å². The van der Waals surface area contributed by atoms with E-state index in [1.807, 2.05) is 0 Å². The molecule has 0 aromatic rings. The second-order valence-corrected chi connectivity index (χ2v) is 3.96. The average Bonchev–Trinajstić information content (AvgIpc) is 2.86. The molecule has 18 heavy (non-hydrogen) atoms. The molecule has 0 radical (unpaired) electrons. The number of carbonyl (C=O) groups is 2. The van der Waals surface area contributed by atoms with E-state index >= 15 is 0 Å². The lowest BCUT2D eigenvalue weighted by Crippen LogP contribution is -2.45. The average molecular weight is 252 g/mol. The molecule has 0 saturated carbocycles. The lowest BCUT2D eigenvalue weighted by Gasteiger charge is -2.25. The summed E-state index contributed by atoms with van der Waals surface area (Å²) in [5.74, 6) is -0.778. The molecule has 98 valence electrons. The zero-order valence-corrected chi connectivity index (χ0v) is 10.3. The van der Waals surface area contributed by atoms with Crippen LogP contribution < -0.4 is 0 Å². The van der Waals surface area contributed by atoms with Crippen LogP contribution in [-0.4, -0.2) is 42.5 Å². The first-order chi connectivity index (χ1) is 8.65. The van der Waals surface area contributed by atoms with Crippen LogP contribution in [0, 0.1) is 0 Å². The van der Waals surface area contributed by atoms with Crippen molar-refractivity contribution in [1.29, 1.82) is 0 Å². The van der Waals surface area contributed by atoms with E-state index in [4.69, 9.17) is 5.53 Å². The quantitative estimate of drug-likeness (QED) is 0.243. The third-order valence-electron chi connectivity index (χ3n) is 2.88. The minimum absolute atomic E-state index is 0.257. The molecule has 0 bridgehead atoms. The van der Waals surface area contributed by atoms with Crippen LogP contribution in [0.25, 0.3) is 10.4 Å². The van der Waals surface area contributed by atoms with Gasteiger partial charge in [0, 0.05) is 11.5 Å². The Hall–Kier alpha value is -2.01. The van der Waals surface area contributed by atoms with Crippen molar-refractivity contribution in [2.75, 3.05) is 13.7 Å². The highest BCUT2D eigenvalue weighted by Gasteiger charge is 2.37. The number of ether oxygens (including phenoxy) is 1. The van der Waals surface area contributed by atoms with Crippen molar-refractivity contribution in [1.82, 2.24) is 4.90 Å². The molecule has 1 saturated heterocycles. The maximum absolute atomic E-state index is 12.2. The van der Waals surface area contributed by atoms with Gasteiger partial charge in [0.15, 0.2) is 0 Å². The Bertz CT molecular complexity index is 390. The van der Waals surface area contributed by atoms with Gasteiger partial charge in [-0.15, -0.1) is 6.58 Å². The van der Waals surface area contributed by atoms with Crippen LogP contribution in [0.5, 0.6) is 0 Å². The molecule has 0 aliphatic carbocycles. The fraction of sp³-hybridized carbons (Fsp3) is 0.636. The van der Waals surface area contributed by atoms with Gasteiger partial charge >= 0.3 is 5.97 Å². The fourth-order valence-corrected chi connectivity index (χ4v) is 2.02. The molecule has 0 N–H and O–H groups in total. The largest absolute Gasteiger partial charge is 0.467 e. The van der Waals surface area contributed by atoms with Gasteiger partial charge in [0.1, 0.15) is 12.1 Å². The van der Waals surface area contributed by atoms with Gasteiger partial charge in [0.2, 0.25) is 5.91 Å². The van der Waals surface area contributed by atoms with E-state index in [9.17, 15) is 9.59 Å². The van der Waals surface area contributed by atoms with Crippen LogP contribution in [0.4, 0.5) is 0 Å². The molecule has 1 heterocycles. The highest BCUT2D eigenvalue weighted by atomic mass is 16.5. The maximum Gasteiger partial charge on any atom is 0.328 e. The maximum atomic E-state index is 12.2. The van der Waals surface area contributed by atoms with Gasteiger partial charge in [-0.25, -0.2) is 4.79 Å². The Kier molecular flexibility index (Phi) is 5.20. The molecule has 1 aliphatic heterocycles. The number of hydrogen-bond acceptors (Lipinski definition) is 4. The summed E-state index contributed by atoms with van der Waals surface area (Å²) in [5.41, 5.74) is 8.44. The molecule has 0 spiro atoms. The van der Waals surface area contributed by atoms with Crippen LogP contribution >= 0.6 is 0 Å². The summed E-state index contributed by atoms with van der Waals surface area (Å²) in [6.45, 7) is 4.00. The van der Waals surface area contributed by atoms with Gasteiger partial charge in [0.05, 0.1) is 7.11 Å². The minimum atomic E-state index is -0.835. The normalized spacial score (nSPS) is 19.8. The lowest BCUT2D eigenvalue weighted by atomic mass is 10.1. The zero-order chi connectivity index (χ0) is 13.5. The molecule has 0 unspecified atom stereocenters. The predicted octanol–water partition coefficient (Wildman–Crippen LogP) is 1.41.